The highest BCUT2D eigenvalue weighted by molar-refractivity contribution is 6.32. The summed E-state index contributed by atoms with van der Waals surface area (Å²) in [5.41, 5.74) is 0.358. The Morgan fingerprint density at radius 2 is 2.18 bits per heavy atom. The summed E-state index contributed by atoms with van der Waals surface area (Å²) in [6.07, 6.45) is 0.461. The molecule has 1 unspecified atom stereocenters. The number of halogens is 1. The monoisotopic (exact) mass is 327 g/mol. The molecule has 0 aliphatic carbocycles. The molecule has 0 saturated carbocycles. The molecule has 120 valence electrons. The van der Waals surface area contributed by atoms with Crippen molar-refractivity contribution in [2.75, 3.05) is 26.8 Å². The number of ether oxygens (including phenoxy) is 2. The molecule has 1 saturated heterocycles. The van der Waals surface area contributed by atoms with Crippen molar-refractivity contribution in [3.8, 4) is 11.5 Å². The Labute approximate surface area is 133 Å². The fourth-order valence-corrected chi connectivity index (χ4v) is 2.72. The first-order chi connectivity index (χ1) is 10.5. The largest absolute Gasteiger partial charge is 0.493 e. The zero-order chi connectivity index (χ0) is 16.3. The third-order valence-electron chi connectivity index (χ3n) is 3.59. The van der Waals surface area contributed by atoms with Crippen molar-refractivity contribution in [2.24, 2.45) is 5.92 Å². The van der Waals surface area contributed by atoms with Gasteiger partial charge in [-0.25, -0.2) is 0 Å². The average Bonchev–Trinajstić information content (AvgIpc) is 2.98. The second-order valence-corrected chi connectivity index (χ2v) is 5.40. The van der Waals surface area contributed by atoms with Crippen molar-refractivity contribution in [1.82, 2.24) is 4.90 Å². The van der Waals surface area contributed by atoms with Gasteiger partial charge >= 0.3 is 5.97 Å². The smallest absolute Gasteiger partial charge is 0.308 e. The predicted molar refractivity (Wildman–Crippen MR) is 80.8 cm³/mol. The van der Waals surface area contributed by atoms with E-state index in [1.807, 2.05) is 6.92 Å². The van der Waals surface area contributed by atoms with Gasteiger partial charge in [0, 0.05) is 18.7 Å². The SMILES string of the molecule is CCOc1c(Cl)cc(C(=O)N2CCC(C(=O)O)C2)cc1OC. The van der Waals surface area contributed by atoms with Gasteiger partial charge in [0.05, 0.1) is 24.7 Å². The van der Waals surface area contributed by atoms with Gasteiger partial charge in [-0.2, -0.15) is 0 Å². The van der Waals surface area contributed by atoms with Crippen LogP contribution in [0.3, 0.4) is 0 Å². The maximum absolute atomic E-state index is 12.5. The molecule has 7 heteroatoms. The van der Waals surface area contributed by atoms with Gasteiger partial charge in [-0.15, -0.1) is 0 Å². The fraction of sp³-hybridized carbons (Fsp3) is 0.467. The number of aliphatic carboxylic acids is 1. The Kier molecular flexibility index (Phi) is 5.13. The van der Waals surface area contributed by atoms with Gasteiger partial charge in [0.25, 0.3) is 5.91 Å². The van der Waals surface area contributed by atoms with E-state index in [1.165, 1.54) is 18.1 Å². The molecule has 22 heavy (non-hydrogen) atoms. The van der Waals surface area contributed by atoms with Gasteiger partial charge in [-0.1, -0.05) is 11.6 Å². The van der Waals surface area contributed by atoms with E-state index in [4.69, 9.17) is 26.2 Å². The van der Waals surface area contributed by atoms with Crippen LogP contribution in [0.25, 0.3) is 0 Å². The molecule has 0 aromatic heterocycles. The summed E-state index contributed by atoms with van der Waals surface area (Å²) in [5.74, 6) is -0.867. The van der Waals surface area contributed by atoms with E-state index in [0.29, 0.717) is 41.7 Å². The average molecular weight is 328 g/mol. The van der Waals surface area contributed by atoms with Crippen molar-refractivity contribution >= 4 is 23.5 Å². The first kappa shape index (κ1) is 16.4. The highest BCUT2D eigenvalue weighted by Gasteiger charge is 2.31. The van der Waals surface area contributed by atoms with Crippen LogP contribution < -0.4 is 9.47 Å². The lowest BCUT2D eigenvalue weighted by Gasteiger charge is -2.18. The first-order valence-electron chi connectivity index (χ1n) is 7.00. The van der Waals surface area contributed by atoms with Crippen LogP contribution in [0, 0.1) is 5.92 Å². The quantitative estimate of drug-likeness (QED) is 0.898. The van der Waals surface area contributed by atoms with Crippen molar-refractivity contribution in [1.29, 1.82) is 0 Å². The minimum Gasteiger partial charge on any atom is -0.493 e. The Bertz CT molecular complexity index is 590. The summed E-state index contributed by atoms with van der Waals surface area (Å²) in [6.45, 7) is 2.88. The molecule has 1 aromatic carbocycles. The van der Waals surface area contributed by atoms with E-state index >= 15 is 0 Å². The Balaban J connectivity index is 2.24. The van der Waals surface area contributed by atoms with Crippen molar-refractivity contribution in [2.45, 2.75) is 13.3 Å². The van der Waals surface area contributed by atoms with Gasteiger partial charge < -0.3 is 19.5 Å². The summed E-state index contributed by atoms with van der Waals surface area (Å²) < 4.78 is 10.6. The predicted octanol–water partition coefficient (Wildman–Crippen LogP) is 2.29. The molecular weight excluding hydrogens is 310 g/mol. The minimum absolute atomic E-state index is 0.210. The molecule has 1 amide bonds. The lowest BCUT2D eigenvalue weighted by atomic mass is 10.1. The van der Waals surface area contributed by atoms with E-state index in [-0.39, 0.29) is 12.5 Å². The van der Waals surface area contributed by atoms with E-state index in [9.17, 15) is 9.59 Å². The van der Waals surface area contributed by atoms with Gasteiger partial charge in [-0.3, -0.25) is 9.59 Å². The fourth-order valence-electron chi connectivity index (χ4n) is 2.46. The Morgan fingerprint density at radius 1 is 1.45 bits per heavy atom. The number of methoxy groups -OCH3 is 1. The van der Waals surface area contributed by atoms with Crippen LogP contribution in [-0.4, -0.2) is 48.7 Å². The normalized spacial score (nSPS) is 17.4. The summed E-state index contributed by atoms with van der Waals surface area (Å²) in [6, 6.07) is 3.08. The minimum atomic E-state index is -0.877. The van der Waals surface area contributed by atoms with E-state index in [0.717, 1.165) is 0 Å². The molecule has 2 rings (SSSR count). The molecule has 1 aromatic rings. The zero-order valence-electron chi connectivity index (χ0n) is 12.5. The van der Waals surface area contributed by atoms with Crippen molar-refractivity contribution < 1.29 is 24.2 Å². The molecule has 0 spiro atoms. The number of hydrogen-bond donors (Lipinski definition) is 1. The topological polar surface area (TPSA) is 76.1 Å². The van der Waals surface area contributed by atoms with E-state index in [1.54, 1.807) is 6.07 Å². The summed E-state index contributed by atoms with van der Waals surface area (Å²) in [5, 5.41) is 9.30. The Hall–Kier alpha value is -1.95. The lowest BCUT2D eigenvalue weighted by Crippen LogP contribution is -2.30. The molecule has 1 heterocycles. The molecule has 0 radical (unpaired) electrons. The van der Waals surface area contributed by atoms with Crippen LogP contribution in [0.4, 0.5) is 0 Å². The number of hydrogen-bond acceptors (Lipinski definition) is 4. The highest BCUT2D eigenvalue weighted by atomic mass is 35.5. The molecule has 1 aliphatic heterocycles. The van der Waals surface area contributed by atoms with Crippen LogP contribution in [0.1, 0.15) is 23.7 Å². The number of carboxylic acids is 1. The van der Waals surface area contributed by atoms with E-state index in [2.05, 4.69) is 0 Å². The van der Waals surface area contributed by atoms with Gasteiger partial charge in [-0.05, 0) is 25.5 Å². The van der Waals surface area contributed by atoms with Crippen molar-refractivity contribution in [3.63, 3.8) is 0 Å². The molecule has 1 N–H and O–H groups in total. The van der Waals surface area contributed by atoms with Crippen LogP contribution in [-0.2, 0) is 4.79 Å². The Morgan fingerprint density at radius 3 is 2.73 bits per heavy atom. The lowest BCUT2D eigenvalue weighted by molar-refractivity contribution is -0.141. The number of carbonyl (C=O) groups excluding carboxylic acids is 1. The number of benzene rings is 1. The summed E-state index contributed by atoms with van der Waals surface area (Å²) in [7, 11) is 1.47. The second-order valence-electron chi connectivity index (χ2n) is 5.00. The third-order valence-corrected chi connectivity index (χ3v) is 3.87. The first-order valence-corrected chi connectivity index (χ1v) is 7.38. The second kappa shape index (κ2) is 6.87. The molecular formula is C15H18ClNO5. The zero-order valence-corrected chi connectivity index (χ0v) is 13.2. The van der Waals surface area contributed by atoms with E-state index < -0.39 is 11.9 Å². The maximum Gasteiger partial charge on any atom is 0.308 e. The highest BCUT2D eigenvalue weighted by Crippen LogP contribution is 2.37. The molecule has 1 atom stereocenters. The van der Waals surface area contributed by atoms with Crippen molar-refractivity contribution in [3.05, 3.63) is 22.7 Å². The van der Waals surface area contributed by atoms with Crippen LogP contribution in [0.2, 0.25) is 5.02 Å². The number of likely N-dealkylation sites (tertiary alicyclic amines) is 1. The standard InChI is InChI=1S/C15H18ClNO5/c1-3-22-13-11(16)6-10(7-12(13)21-2)14(18)17-5-4-9(8-17)15(19)20/h6-7,9H,3-5,8H2,1-2H3,(H,19,20). The van der Waals surface area contributed by atoms with Gasteiger partial charge in [0.2, 0.25) is 0 Å². The van der Waals surface area contributed by atoms with Gasteiger partial charge in [0.1, 0.15) is 0 Å². The van der Waals surface area contributed by atoms with Crippen LogP contribution >= 0.6 is 11.6 Å². The van der Waals surface area contributed by atoms with Gasteiger partial charge in [0.15, 0.2) is 11.5 Å². The summed E-state index contributed by atoms with van der Waals surface area (Å²) >= 11 is 6.15. The van der Waals surface area contributed by atoms with Crippen LogP contribution in [0.5, 0.6) is 11.5 Å². The number of nitrogens with zero attached hydrogens (tertiary/aromatic N) is 1. The molecule has 6 nitrogen and oxygen atoms in total. The number of carboxylic acid groups (broad SMARTS) is 1. The number of rotatable bonds is 5. The maximum atomic E-state index is 12.5. The molecule has 1 aliphatic rings. The molecule has 1 fully saturated rings. The third kappa shape index (κ3) is 3.27. The molecule has 0 bridgehead atoms. The van der Waals surface area contributed by atoms with Crippen LogP contribution in [0.15, 0.2) is 12.1 Å². The number of carbonyl (C=O) groups is 2. The number of amides is 1. The summed E-state index contributed by atoms with van der Waals surface area (Å²) in [4.78, 5) is 25.0.